The van der Waals surface area contributed by atoms with Crippen molar-refractivity contribution in [3.8, 4) is 0 Å². The summed E-state index contributed by atoms with van der Waals surface area (Å²) in [5, 5.41) is -0.832. The van der Waals surface area contributed by atoms with Gasteiger partial charge in [0.25, 0.3) is 5.91 Å². The molecule has 3 heterocycles. The number of rotatable bonds is 3. The summed E-state index contributed by atoms with van der Waals surface area (Å²) in [5.41, 5.74) is 2.78. The Kier molecular flexibility index (Phi) is 5.91. The number of likely N-dealkylation sites (tertiary alicyclic amines) is 1. The Bertz CT molecular complexity index is 1050. The van der Waals surface area contributed by atoms with Gasteiger partial charge in [-0.15, -0.1) is 11.8 Å². The monoisotopic (exact) mass is 449 g/mol. The van der Waals surface area contributed by atoms with Crippen molar-refractivity contribution in [1.29, 1.82) is 0 Å². The Morgan fingerprint density at radius 2 is 1.56 bits per heavy atom. The fourth-order valence-electron chi connectivity index (χ4n) is 4.81. The second kappa shape index (κ2) is 8.98. The SMILES string of the molecule is O=C([C@H]1Sc2ccccc2N(CC(=O)N2CCc3ccccc32)C1=O)N1CCCCCC1. The third-order valence-corrected chi connectivity index (χ3v) is 7.75. The second-order valence-electron chi connectivity index (χ2n) is 8.55. The number of carbonyl (C=O) groups excluding carboxylic acids is 3. The highest BCUT2D eigenvalue weighted by atomic mass is 32.2. The van der Waals surface area contributed by atoms with E-state index >= 15 is 0 Å². The molecule has 1 atom stereocenters. The Morgan fingerprint density at radius 3 is 2.34 bits per heavy atom. The quantitative estimate of drug-likeness (QED) is 0.673. The largest absolute Gasteiger partial charge is 0.341 e. The molecule has 166 valence electrons. The van der Waals surface area contributed by atoms with Gasteiger partial charge in [-0.1, -0.05) is 43.2 Å². The molecule has 1 saturated heterocycles. The molecule has 0 spiro atoms. The van der Waals surface area contributed by atoms with Crippen molar-refractivity contribution in [1.82, 2.24) is 4.90 Å². The zero-order valence-electron chi connectivity index (χ0n) is 18.0. The first-order valence-corrected chi connectivity index (χ1v) is 12.3. The van der Waals surface area contributed by atoms with Gasteiger partial charge >= 0.3 is 0 Å². The van der Waals surface area contributed by atoms with Gasteiger partial charge in [0.05, 0.1) is 5.69 Å². The van der Waals surface area contributed by atoms with Crippen LogP contribution in [0.5, 0.6) is 0 Å². The molecule has 7 heteroatoms. The summed E-state index contributed by atoms with van der Waals surface area (Å²) in [7, 11) is 0. The smallest absolute Gasteiger partial charge is 0.250 e. The molecule has 3 aliphatic rings. The van der Waals surface area contributed by atoms with E-state index in [-0.39, 0.29) is 24.3 Å². The Morgan fingerprint density at radius 1 is 0.875 bits per heavy atom. The van der Waals surface area contributed by atoms with Crippen LogP contribution >= 0.6 is 11.8 Å². The van der Waals surface area contributed by atoms with E-state index in [1.807, 2.05) is 53.4 Å². The molecule has 0 radical (unpaired) electrons. The van der Waals surface area contributed by atoms with Crippen LogP contribution in [0.3, 0.4) is 0 Å². The lowest BCUT2D eigenvalue weighted by Crippen LogP contribution is -2.52. The second-order valence-corrected chi connectivity index (χ2v) is 9.70. The molecule has 0 aromatic heterocycles. The number of benzene rings is 2. The predicted molar refractivity (Wildman–Crippen MR) is 126 cm³/mol. The molecule has 2 aromatic carbocycles. The Hall–Kier alpha value is -2.80. The van der Waals surface area contributed by atoms with E-state index < -0.39 is 5.25 Å². The maximum Gasteiger partial charge on any atom is 0.250 e. The lowest BCUT2D eigenvalue weighted by molar-refractivity contribution is -0.135. The van der Waals surface area contributed by atoms with Crippen molar-refractivity contribution in [2.45, 2.75) is 42.2 Å². The average molecular weight is 450 g/mol. The third-order valence-electron chi connectivity index (χ3n) is 6.51. The van der Waals surface area contributed by atoms with E-state index in [0.29, 0.717) is 25.3 Å². The van der Waals surface area contributed by atoms with Crippen molar-refractivity contribution >= 4 is 40.9 Å². The molecule has 1 fully saturated rings. The predicted octanol–water partition coefficient (Wildman–Crippen LogP) is 3.49. The first kappa shape index (κ1) is 21.1. The van der Waals surface area contributed by atoms with Gasteiger partial charge in [0.15, 0.2) is 5.25 Å². The first-order chi connectivity index (χ1) is 15.6. The topological polar surface area (TPSA) is 60.9 Å². The third kappa shape index (κ3) is 3.90. The van der Waals surface area contributed by atoms with E-state index in [2.05, 4.69) is 0 Å². The molecule has 2 aromatic rings. The van der Waals surface area contributed by atoms with E-state index in [0.717, 1.165) is 48.3 Å². The Labute approximate surface area is 192 Å². The molecule has 0 saturated carbocycles. The summed E-state index contributed by atoms with van der Waals surface area (Å²) in [4.78, 5) is 46.2. The Balaban J connectivity index is 1.40. The van der Waals surface area contributed by atoms with Crippen LogP contribution in [0.15, 0.2) is 53.4 Å². The van der Waals surface area contributed by atoms with Crippen molar-refractivity contribution in [2.75, 3.05) is 36.0 Å². The van der Waals surface area contributed by atoms with Gasteiger partial charge < -0.3 is 14.7 Å². The molecule has 6 nitrogen and oxygen atoms in total. The maximum atomic E-state index is 13.5. The van der Waals surface area contributed by atoms with Gasteiger partial charge in [-0.25, -0.2) is 0 Å². The molecule has 5 rings (SSSR count). The molecule has 3 aliphatic heterocycles. The van der Waals surface area contributed by atoms with Crippen molar-refractivity contribution in [3.05, 3.63) is 54.1 Å². The fraction of sp³-hybridized carbons (Fsp3) is 0.400. The van der Waals surface area contributed by atoms with E-state index in [1.165, 1.54) is 16.7 Å². The first-order valence-electron chi connectivity index (χ1n) is 11.4. The van der Waals surface area contributed by atoms with E-state index in [1.54, 1.807) is 4.90 Å². The van der Waals surface area contributed by atoms with Gasteiger partial charge in [-0.05, 0) is 43.0 Å². The van der Waals surface area contributed by atoms with Crippen LogP contribution < -0.4 is 9.80 Å². The van der Waals surface area contributed by atoms with E-state index in [9.17, 15) is 14.4 Å². The number of anilines is 2. The number of hydrogen-bond donors (Lipinski definition) is 0. The number of thioether (sulfide) groups is 1. The van der Waals surface area contributed by atoms with Crippen LogP contribution in [-0.2, 0) is 20.8 Å². The molecule has 32 heavy (non-hydrogen) atoms. The van der Waals surface area contributed by atoms with Crippen LogP contribution in [0.4, 0.5) is 11.4 Å². The maximum absolute atomic E-state index is 13.5. The van der Waals surface area contributed by atoms with Crippen LogP contribution in [0.1, 0.15) is 31.2 Å². The number of hydrogen-bond acceptors (Lipinski definition) is 4. The van der Waals surface area contributed by atoms with Gasteiger partial charge in [0, 0.05) is 30.2 Å². The van der Waals surface area contributed by atoms with Crippen molar-refractivity contribution in [2.24, 2.45) is 0 Å². The normalized spacial score (nSPS) is 20.6. The molecular weight excluding hydrogens is 422 g/mol. The lowest BCUT2D eigenvalue weighted by atomic mass is 10.2. The van der Waals surface area contributed by atoms with Crippen molar-refractivity contribution < 1.29 is 14.4 Å². The minimum absolute atomic E-state index is 0.0610. The van der Waals surface area contributed by atoms with Crippen molar-refractivity contribution in [3.63, 3.8) is 0 Å². The number of amides is 3. The van der Waals surface area contributed by atoms with Crippen LogP contribution in [-0.4, -0.2) is 54.1 Å². The molecule has 0 unspecified atom stereocenters. The lowest BCUT2D eigenvalue weighted by Gasteiger charge is -2.35. The molecule has 0 aliphatic carbocycles. The average Bonchev–Trinajstić information content (AvgIpc) is 3.06. The number of carbonyl (C=O) groups is 3. The van der Waals surface area contributed by atoms with Gasteiger partial charge in [-0.2, -0.15) is 0 Å². The summed E-state index contributed by atoms with van der Waals surface area (Å²) in [6, 6.07) is 15.5. The van der Waals surface area contributed by atoms with E-state index in [4.69, 9.17) is 0 Å². The standard InChI is InChI=1S/C25H27N3O3S/c29-22(27-16-13-18-9-3-4-10-19(18)27)17-28-20-11-5-6-12-21(20)32-23(25(28)31)24(30)26-14-7-1-2-8-15-26/h3-6,9-12,23H,1-2,7-8,13-17H2/t23-/m1/s1. The summed E-state index contributed by atoms with van der Waals surface area (Å²) in [5.74, 6) is -0.532. The molecular formula is C25H27N3O3S. The minimum atomic E-state index is -0.832. The van der Waals surface area contributed by atoms with Crippen LogP contribution in [0, 0.1) is 0 Å². The highest BCUT2D eigenvalue weighted by molar-refractivity contribution is 8.01. The zero-order valence-corrected chi connectivity index (χ0v) is 18.9. The molecule has 0 bridgehead atoms. The van der Waals surface area contributed by atoms with Crippen LogP contribution in [0.2, 0.25) is 0 Å². The minimum Gasteiger partial charge on any atom is -0.341 e. The number of nitrogens with zero attached hydrogens (tertiary/aromatic N) is 3. The zero-order chi connectivity index (χ0) is 22.1. The molecule has 3 amide bonds. The highest BCUT2D eigenvalue weighted by Gasteiger charge is 2.41. The highest BCUT2D eigenvalue weighted by Crippen LogP contribution is 2.40. The fourth-order valence-corrected chi connectivity index (χ4v) is 6.00. The van der Waals surface area contributed by atoms with Gasteiger partial charge in [0.2, 0.25) is 11.8 Å². The summed E-state index contributed by atoms with van der Waals surface area (Å²) in [6.07, 6.45) is 5.01. The summed E-state index contributed by atoms with van der Waals surface area (Å²) >= 11 is 1.32. The molecule has 0 N–H and O–H groups in total. The van der Waals surface area contributed by atoms with Gasteiger partial charge in [-0.3, -0.25) is 14.4 Å². The summed E-state index contributed by atoms with van der Waals surface area (Å²) < 4.78 is 0. The van der Waals surface area contributed by atoms with Gasteiger partial charge in [0.1, 0.15) is 6.54 Å². The summed E-state index contributed by atoms with van der Waals surface area (Å²) in [6.45, 7) is 1.96. The van der Waals surface area contributed by atoms with Crippen LogP contribution in [0.25, 0.3) is 0 Å². The number of para-hydroxylation sites is 2. The number of fused-ring (bicyclic) bond motifs is 2.